The van der Waals surface area contributed by atoms with Crippen LogP contribution in [0.3, 0.4) is 0 Å². The van der Waals surface area contributed by atoms with Crippen LogP contribution >= 0.6 is 0 Å². The summed E-state index contributed by atoms with van der Waals surface area (Å²) in [4.78, 5) is 27.1. The molecule has 3 heterocycles. The molecule has 4 rings (SSSR count). The van der Waals surface area contributed by atoms with Crippen LogP contribution in [-0.2, 0) is 13.6 Å². The molecule has 9 nitrogen and oxygen atoms in total. The highest BCUT2D eigenvalue weighted by atomic mass is 16.2. The van der Waals surface area contributed by atoms with Gasteiger partial charge in [0.25, 0.3) is 11.5 Å². The number of fused-ring (bicyclic) bond motifs is 3. The van der Waals surface area contributed by atoms with E-state index in [-0.39, 0.29) is 16.9 Å². The van der Waals surface area contributed by atoms with Gasteiger partial charge in [-0.1, -0.05) is 12.1 Å². The number of benzene rings is 1. The summed E-state index contributed by atoms with van der Waals surface area (Å²) in [7, 11) is 3.48. The summed E-state index contributed by atoms with van der Waals surface area (Å²) in [5.41, 5.74) is 3.43. The van der Waals surface area contributed by atoms with Crippen molar-refractivity contribution < 1.29 is 8.91 Å². The van der Waals surface area contributed by atoms with Gasteiger partial charge in [-0.2, -0.15) is 10.2 Å². The van der Waals surface area contributed by atoms with Gasteiger partial charge >= 0.3 is 0 Å². The van der Waals surface area contributed by atoms with E-state index in [0.29, 0.717) is 17.8 Å². The van der Waals surface area contributed by atoms with Crippen molar-refractivity contribution in [3.63, 3.8) is 0 Å². The van der Waals surface area contributed by atoms with E-state index in [0.717, 1.165) is 16.8 Å². The number of hydrogen-bond donors (Lipinski definition) is 2. The van der Waals surface area contributed by atoms with E-state index in [2.05, 4.69) is 20.6 Å². The maximum absolute atomic E-state index is 12.8. The lowest BCUT2D eigenvalue weighted by Gasteiger charge is -2.31. The molecule has 2 N–H and O–H groups in total. The summed E-state index contributed by atoms with van der Waals surface area (Å²) in [5, 5.41) is 16.7. The first-order valence-electron chi connectivity index (χ1n) is 9.96. The van der Waals surface area contributed by atoms with Gasteiger partial charge in [0.15, 0.2) is 5.69 Å². The molecule has 142 valence electrons. The van der Waals surface area contributed by atoms with Gasteiger partial charge in [0.05, 0.1) is 35.0 Å². The molecule has 0 saturated carbocycles. The predicted octanol–water partition coefficient (Wildman–Crippen LogP) is 1.29. The molecule has 0 spiro atoms. The van der Waals surface area contributed by atoms with Gasteiger partial charge in [0.2, 0.25) is 0 Å². The largest absolute Gasteiger partial charge is 0.368 e. The molecule has 3 aromatic rings. The van der Waals surface area contributed by atoms with Gasteiger partial charge in [-0.25, -0.2) is 4.68 Å². The Hall–Kier alpha value is -3.75. The van der Waals surface area contributed by atoms with Crippen molar-refractivity contribution in [3.05, 3.63) is 58.3 Å². The molecule has 0 atom stereocenters. The molecule has 1 amide bonds. The smallest absolute Gasteiger partial charge is 0.274 e. The number of aromatic nitrogens is 4. The van der Waals surface area contributed by atoms with Crippen molar-refractivity contribution in [2.45, 2.75) is 6.54 Å². The number of nitrogens with zero attached hydrogens (tertiary/aromatic N) is 5. The fraction of sp³-hybridized carbons (Fsp3) is 0.211. The standard InChI is InChI=1S/C19H19N7O2/c1-20-18(27)16-13(7-8-21-24-16)23-14-6-4-5-12-15-11(10-25(2)17(12)14)9-22-26(3)19(15)28/h4-9H,10H2,1-3H3,(H,20,27)(H,21,23)/i1D3. The van der Waals surface area contributed by atoms with Crippen LogP contribution in [0.5, 0.6) is 0 Å². The predicted molar refractivity (Wildman–Crippen MR) is 106 cm³/mol. The third kappa shape index (κ3) is 2.77. The molecular formula is C19H19N7O2. The van der Waals surface area contributed by atoms with Crippen molar-refractivity contribution >= 4 is 23.0 Å². The summed E-state index contributed by atoms with van der Waals surface area (Å²) >= 11 is 0. The maximum Gasteiger partial charge on any atom is 0.274 e. The number of anilines is 3. The number of rotatable bonds is 3. The van der Waals surface area contributed by atoms with Crippen molar-refractivity contribution in [1.29, 1.82) is 0 Å². The SMILES string of the molecule is [2H]C([2H])([2H])NC(=O)c1nnccc1Nc1cccc2c1N(C)Cc1cnn(C)c(=O)c1-2. The molecule has 0 radical (unpaired) electrons. The van der Waals surface area contributed by atoms with E-state index in [1.807, 2.05) is 23.3 Å². The van der Waals surface area contributed by atoms with Crippen LogP contribution in [0, 0.1) is 0 Å². The first-order chi connectivity index (χ1) is 14.7. The zero-order valence-corrected chi connectivity index (χ0v) is 15.2. The highest BCUT2D eigenvalue weighted by molar-refractivity contribution is 5.99. The molecule has 0 aliphatic carbocycles. The molecule has 28 heavy (non-hydrogen) atoms. The lowest BCUT2D eigenvalue weighted by molar-refractivity contribution is 0.0958. The third-order valence-corrected chi connectivity index (χ3v) is 4.63. The Morgan fingerprint density at radius 3 is 2.93 bits per heavy atom. The molecule has 9 heteroatoms. The fourth-order valence-electron chi connectivity index (χ4n) is 3.38. The van der Waals surface area contributed by atoms with E-state index in [4.69, 9.17) is 4.11 Å². The first kappa shape index (κ1) is 14.3. The number of nitrogens with one attached hydrogen (secondary N) is 2. The van der Waals surface area contributed by atoms with Gasteiger partial charge in [-0.3, -0.25) is 9.59 Å². The zero-order valence-electron chi connectivity index (χ0n) is 18.2. The highest BCUT2D eigenvalue weighted by Gasteiger charge is 2.26. The van der Waals surface area contributed by atoms with E-state index < -0.39 is 12.9 Å². The summed E-state index contributed by atoms with van der Waals surface area (Å²) in [6, 6.07) is 6.97. The number of aryl methyl sites for hydroxylation is 1. The number of carbonyl (C=O) groups is 1. The second-order valence-electron chi connectivity index (χ2n) is 6.40. The Balaban J connectivity index is 1.79. The van der Waals surface area contributed by atoms with Crippen LogP contribution < -0.4 is 21.1 Å². The van der Waals surface area contributed by atoms with Gasteiger partial charge in [-0.15, -0.1) is 5.10 Å². The number of amides is 1. The molecule has 1 aliphatic heterocycles. The third-order valence-electron chi connectivity index (χ3n) is 4.63. The van der Waals surface area contributed by atoms with Crippen LogP contribution in [0.1, 0.15) is 20.2 Å². The Morgan fingerprint density at radius 2 is 2.11 bits per heavy atom. The molecule has 0 unspecified atom stereocenters. The number of carbonyl (C=O) groups excluding carboxylic acids is 1. The van der Waals surface area contributed by atoms with Gasteiger partial charge in [0.1, 0.15) is 0 Å². The van der Waals surface area contributed by atoms with Gasteiger partial charge < -0.3 is 15.5 Å². The van der Waals surface area contributed by atoms with Crippen LogP contribution in [-0.4, -0.2) is 39.9 Å². The second kappa shape index (κ2) is 6.76. The minimum atomic E-state index is -2.66. The highest BCUT2D eigenvalue weighted by Crippen LogP contribution is 2.42. The Bertz CT molecular complexity index is 1240. The maximum atomic E-state index is 12.8. The summed E-state index contributed by atoms with van der Waals surface area (Å²) < 4.78 is 23.0. The molecule has 0 bridgehead atoms. The summed E-state index contributed by atoms with van der Waals surface area (Å²) in [5.74, 6) is -0.876. The van der Waals surface area contributed by atoms with Crippen molar-refractivity contribution in [2.75, 3.05) is 24.2 Å². The van der Waals surface area contributed by atoms with E-state index in [1.54, 1.807) is 25.4 Å². The minimum absolute atomic E-state index is 0.157. The number of para-hydroxylation sites is 1. The van der Waals surface area contributed by atoms with Crippen molar-refractivity contribution in [3.8, 4) is 11.1 Å². The average molecular weight is 380 g/mol. The van der Waals surface area contributed by atoms with E-state index in [9.17, 15) is 9.59 Å². The summed E-state index contributed by atoms with van der Waals surface area (Å²) in [6.45, 7) is -2.18. The molecule has 0 saturated heterocycles. The summed E-state index contributed by atoms with van der Waals surface area (Å²) in [6.07, 6.45) is 3.07. The van der Waals surface area contributed by atoms with Crippen LogP contribution in [0.4, 0.5) is 17.1 Å². The fourth-order valence-corrected chi connectivity index (χ4v) is 3.38. The lowest BCUT2D eigenvalue weighted by atomic mass is 9.95. The first-order valence-corrected chi connectivity index (χ1v) is 8.46. The van der Waals surface area contributed by atoms with Crippen molar-refractivity contribution in [1.82, 2.24) is 25.3 Å². The van der Waals surface area contributed by atoms with Crippen LogP contribution in [0.25, 0.3) is 11.1 Å². The monoisotopic (exact) mass is 380 g/mol. The van der Waals surface area contributed by atoms with Crippen LogP contribution in [0.15, 0.2) is 41.5 Å². The topological polar surface area (TPSA) is 105 Å². The zero-order chi connectivity index (χ0) is 22.3. The van der Waals surface area contributed by atoms with Crippen LogP contribution in [0.2, 0.25) is 0 Å². The average Bonchev–Trinajstić information content (AvgIpc) is 2.70. The molecular weight excluding hydrogens is 358 g/mol. The molecule has 1 aliphatic rings. The van der Waals surface area contributed by atoms with E-state index >= 15 is 0 Å². The molecule has 2 aromatic heterocycles. The Morgan fingerprint density at radius 1 is 1.25 bits per heavy atom. The minimum Gasteiger partial charge on any atom is -0.368 e. The van der Waals surface area contributed by atoms with Gasteiger partial charge in [-0.05, 0) is 12.1 Å². The quantitative estimate of drug-likeness (QED) is 0.705. The Labute approximate surface area is 165 Å². The normalized spacial score (nSPS) is 14.2. The second-order valence-corrected chi connectivity index (χ2v) is 6.40. The van der Waals surface area contributed by atoms with E-state index in [1.165, 1.54) is 16.9 Å². The Kier molecular flexibility index (Phi) is 3.46. The van der Waals surface area contributed by atoms with Crippen molar-refractivity contribution in [2.24, 2.45) is 7.05 Å². The molecule has 1 aromatic carbocycles. The lowest BCUT2D eigenvalue weighted by Crippen LogP contribution is -2.30. The molecule has 0 fully saturated rings. The number of hydrogen-bond acceptors (Lipinski definition) is 7. The van der Waals surface area contributed by atoms with Gasteiger partial charge in [0, 0.05) is 42.9 Å².